The van der Waals surface area contributed by atoms with Crippen LogP contribution in [0.5, 0.6) is 5.75 Å². The summed E-state index contributed by atoms with van der Waals surface area (Å²) in [5, 5.41) is 14.4. The molecule has 3 rings (SSSR count). The Kier molecular flexibility index (Phi) is 10.1. The first kappa shape index (κ1) is 26.2. The SMILES string of the molecule is COc1cc2cc(c1)CC(=O)Nc1ccccc1NC(=O)[C@@H](CCCCCC(=O)NO)OCCC2. The predicted octanol–water partition coefficient (Wildman–Crippen LogP) is 3.60. The second kappa shape index (κ2) is 13.5. The fourth-order valence-corrected chi connectivity index (χ4v) is 4.03. The van der Waals surface area contributed by atoms with Crippen LogP contribution in [0.2, 0.25) is 0 Å². The van der Waals surface area contributed by atoms with Gasteiger partial charge in [0, 0.05) is 13.0 Å². The first-order valence-electron chi connectivity index (χ1n) is 11.9. The normalized spacial score (nSPS) is 16.7. The van der Waals surface area contributed by atoms with Gasteiger partial charge in [-0.3, -0.25) is 19.6 Å². The number of hydrogen-bond acceptors (Lipinski definition) is 6. The molecule has 0 spiro atoms. The summed E-state index contributed by atoms with van der Waals surface area (Å²) in [6.07, 6.45) is 3.67. The third kappa shape index (κ3) is 8.38. The van der Waals surface area contributed by atoms with Gasteiger partial charge in [0.05, 0.1) is 24.9 Å². The van der Waals surface area contributed by atoms with Crippen LogP contribution in [0.3, 0.4) is 0 Å². The maximum atomic E-state index is 13.1. The molecule has 1 aliphatic rings. The Balaban J connectivity index is 1.75. The molecule has 1 heterocycles. The van der Waals surface area contributed by atoms with Gasteiger partial charge in [-0.1, -0.05) is 31.0 Å². The number of hydrogen-bond donors (Lipinski definition) is 4. The van der Waals surface area contributed by atoms with Crippen LogP contribution in [0.15, 0.2) is 42.5 Å². The molecule has 9 nitrogen and oxygen atoms in total. The van der Waals surface area contributed by atoms with Crippen LogP contribution in [0.1, 0.15) is 49.7 Å². The minimum atomic E-state index is -0.670. The molecule has 9 heteroatoms. The minimum absolute atomic E-state index is 0.180. The summed E-state index contributed by atoms with van der Waals surface area (Å²) in [6, 6.07) is 12.9. The molecule has 0 saturated heterocycles. The van der Waals surface area contributed by atoms with Crippen LogP contribution in [-0.4, -0.2) is 42.7 Å². The van der Waals surface area contributed by atoms with Gasteiger partial charge in [0.15, 0.2) is 0 Å². The van der Waals surface area contributed by atoms with E-state index in [1.54, 1.807) is 36.9 Å². The van der Waals surface area contributed by atoms with E-state index in [4.69, 9.17) is 14.7 Å². The number of rotatable bonds is 7. The summed E-state index contributed by atoms with van der Waals surface area (Å²) in [7, 11) is 1.60. The van der Waals surface area contributed by atoms with Crippen LogP contribution in [0, 0.1) is 0 Å². The standard InChI is InChI=1S/C26H33N3O6/c1-34-20-15-18-8-7-13-35-23(11-3-2-4-12-24(30)29-33)26(32)28-22-10-6-5-9-21(22)27-25(31)17-19(14-18)16-20/h5-6,9-10,14-16,23,33H,2-4,7-8,11-13,17H2,1H3,(H,27,31)(H,28,32)(H,29,30)/t23-/m1/s1. The van der Waals surface area contributed by atoms with Gasteiger partial charge in [-0.25, -0.2) is 5.48 Å². The van der Waals surface area contributed by atoms with Crippen molar-refractivity contribution in [2.45, 2.75) is 57.5 Å². The second-order valence-electron chi connectivity index (χ2n) is 8.55. The summed E-state index contributed by atoms with van der Waals surface area (Å²) in [5.41, 5.74) is 4.52. The molecule has 0 radical (unpaired) electrons. The lowest BCUT2D eigenvalue weighted by Gasteiger charge is -2.19. The molecule has 1 aliphatic heterocycles. The van der Waals surface area contributed by atoms with E-state index in [1.165, 1.54) is 0 Å². The number of unbranched alkanes of at least 4 members (excludes halogenated alkanes) is 2. The van der Waals surface area contributed by atoms with E-state index >= 15 is 0 Å². The molecule has 35 heavy (non-hydrogen) atoms. The minimum Gasteiger partial charge on any atom is -0.497 e. The lowest BCUT2D eigenvalue weighted by Crippen LogP contribution is -2.31. The van der Waals surface area contributed by atoms with Crippen molar-refractivity contribution >= 4 is 29.1 Å². The van der Waals surface area contributed by atoms with E-state index < -0.39 is 12.0 Å². The Morgan fingerprint density at radius 2 is 1.83 bits per heavy atom. The summed E-state index contributed by atoms with van der Waals surface area (Å²) in [6.45, 7) is 0.399. The molecular formula is C26H33N3O6. The summed E-state index contributed by atoms with van der Waals surface area (Å²) in [5.74, 6) is -0.204. The molecule has 4 N–H and O–H groups in total. The van der Waals surface area contributed by atoms with Gasteiger partial charge in [-0.2, -0.15) is 0 Å². The molecule has 0 fully saturated rings. The number of aryl methyl sites for hydroxylation is 1. The molecular weight excluding hydrogens is 450 g/mol. The van der Waals surface area contributed by atoms with Crippen LogP contribution in [0.25, 0.3) is 0 Å². The van der Waals surface area contributed by atoms with Crippen molar-refractivity contribution in [3.05, 3.63) is 53.6 Å². The smallest absolute Gasteiger partial charge is 0.253 e. The highest BCUT2D eigenvalue weighted by molar-refractivity contribution is 6.01. The monoisotopic (exact) mass is 483 g/mol. The zero-order chi connectivity index (χ0) is 25.0. The van der Waals surface area contributed by atoms with Crippen molar-refractivity contribution in [2.75, 3.05) is 24.4 Å². The zero-order valence-electron chi connectivity index (χ0n) is 20.0. The number of hydroxylamine groups is 1. The number of anilines is 2. The maximum Gasteiger partial charge on any atom is 0.253 e. The van der Waals surface area contributed by atoms with Crippen molar-refractivity contribution in [3.63, 3.8) is 0 Å². The molecule has 2 bridgehead atoms. The molecule has 2 aromatic rings. The molecule has 0 aliphatic carbocycles. The van der Waals surface area contributed by atoms with Gasteiger partial charge in [-0.15, -0.1) is 0 Å². The van der Waals surface area contributed by atoms with Crippen LogP contribution < -0.4 is 20.9 Å². The lowest BCUT2D eigenvalue weighted by atomic mass is 10.0. The Hall–Kier alpha value is -3.43. The van der Waals surface area contributed by atoms with E-state index in [9.17, 15) is 14.4 Å². The number of amides is 3. The molecule has 0 unspecified atom stereocenters. The first-order chi connectivity index (χ1) is 17.0. The number of nitrogens with one attached hydrogen (secondary N) is 3. The highest BCUT2D eigenvalue weighted by atomic mass is 16.5. The van der Waals surface area contributed by atoms with E-state index in [2.05, 4.69) is 10.6 Å². The van der Waals surface area contributed by atoms with E-state index in [1.807, 2.05) is 18.2 Å². The van der Waals surface area contributed by atoms with Crippen molar-refractivity contribution in [3.8, 4) is 5.75 Å². The average molecular weight is 484 g/mol. The quantitative estimate of drug-likeness (QED) is 0.271. The fourth-order valence-electron chi connectivity index (χ4n) is 4.03. The molecule has 0 saturated carbocycles. The molecule has 1 atom stereocenters. The van der Waals surface area contributed by atoms with Gasteiger partial charge >= 0.3 is 0 Å². The van der Waals surface area contributed by atoms with Gasteiger partial charge in [-0.05, 0) is 61.1 Å². The first-order valence-corrected chi connectivity index (χ1v) is 11.9. The topological polar surface area (TPSA) is 126 Å². The number of ether oxygens (including phenoxy) is 2. The van der Waals surface area contributed by atoms with Crippen LogP contribution in [0.4, 0.5) is 11.4 Å². The zero-order valence-corrected chi connectivity index (χ0v) is 20.0. The molecule has 0 aromatic heterocycles. The number of para-hydroxylation sites is 2. The molecule has 3 amide bonds. The Morgan fingerprint density at radius 3 is 2.57 bits per heavy atom. The highest BCUT2D eigenvalue weighted by Gasteiger charge is 2.21. The summed E-state index contributed by atoms with van der Waals surface area (Å²) < 4.78 is 11.4. The van der Waals surface area contributed by atoms with Crippen molar-refractivity contribution in [1.82, 2.24) is 5.48 Å². The predicted molar refractivity (Wildman–Crippen MR) is 131 cm³/mol. The number of carbonyl (C=O) groups is 3. The number of fused-ring (bicyclic) bond motifs is 3. The van der Waals surface area contributed by atoms with Gasteiger partial charge in [0.1, 0.15) is 11.9 Å². The third-order valence-electron chi connectivity index (χ3n) is 5.80. The lowest BCUT2D eigenvalue weighted by molar-refractivity contribution is -0.129. The van der Waals surface area contributed by atoms with Crippen molar-refractivity contribution < 1.29 is 29.1 Å². The molecule has 2 aromatic carbocycles. The van der Waals surface area contributed by atoms with Crippen molar-refractivity contribution in [2.24, 2.45) is 0 Å². The largest absolute Gasteiger partial charge is 0.497 e. The second-order valence-corrected chi connectivity index (χ2v) is 8.55. The van der Waals surface area contributed by atoms with E-state index in [0.29, 0.717) is 49.4 Å². The van der Waals surface area contributed by atoms with Crippen molar-refractivity contribution in [1.29, 1.82) is 0 Å². The van der Waals surface area contributed by atoms with Gasteiger partial charge in [0.2, 0.25) is 11.8 Å². The molecule has 188 valence electrons. The summed E-state index contributed by atoms with van der Waals surface area (Å²) in [4.78, 5) is 37.0. The number of methoxy groups -OCH3 is 1. The maximum absolute atomic E-state index is 13.1. The Bertz CT molecular complexity index is 1030. The van der Waals surface area contributed by atoms with E-state index in [0.717, 1.165) is 24.0 Å². The Morgan fingerprint density at radius 1 is 1.09 bits per heavy atom. The van der Waals surface area contributed by atoms with E-state index in [-0.39, 0.29) is 24.7 Å². The highest BCUT2D eigenvalue weighted by Crippen LogP contribution is 2.24. The van der Waals surface area contributed by atoms with Gasteiger partial charge < -0.3 is 20.1 Å². The van der Waals surface area contributed by atoms with Gasteiger partial charge in [0.25, 0.3) is 5.91 Å². The third-order valence-corrected chi connectivity index (χ3v) is 5.80. The number of benzene rings is 2. The average Bonchev–Trinajstić information content (AvgIpc) is 2.85. The van der Waals surface area contributed by atoms with Crippen LogP contribution in [-0.2, 0) is 32.0 Å². The summed E-state index contributed by atoms with van der Waals surface area (Å²) >= 11 is 0. The Labute approximate surface area is 205 Å². The fraction of sp³-hybridized carbons (Fsp3) is 0.423. The van der Waals surface area contributed by atoms with Crippen LogP contribution >= 0.6 is 0 Å². The number of carbonyl (C=O) groups excluding carboxylic acids is 3.